The molecule has 1 aliphatic heterocycles. The third-order valence-corrected chi connectivity index (χ3v) is 6.21. The summed E-state index contributed by atoms with van der Waals surface area (Å²) in [5, 5.41) is 13.0. The fourth-order valence-corrected chi connectivity index (χ4v) is 4.96. The van der Waals surface area contributed by atoms with Crippen LogP contribution in [0.1, 0.15) is 48.1 Å². The van der Waals surface area contributed by atoms with Gasteiger partial charge in [-0.15, -0.1) is 11.3 Å². The van der Waals surface area contributed by atoms with Crippen molar-refractivity contribution in [1.29, 1.82) is 5.26 Å². The predicted molar refractivity (Wildman–Crippen MR) is 95.5 cm³/mol. The number of fused-ring (bicyclic) bond motifs is 1. The zero-order valence-corrected chi connectivity index (χ0v) is 15.3. The molecule has 1 aliphatic carbocycles. The second kappa shape index (κ2) is 7.98. The first-order valence-electron chi connectivity index (χ1n) is 8.80. The quantitative estimate of drug-likeness (QED) is 0.815. The fourth-order valence-electron chi connectivity index (χ4n) is 3.70. The summed E-state index contributed by atoms with van der Waals surface area (Å²) in [5.74, 6) is -0.332. The summed E-state index contributed by atoms with van der Waals surface area (Å²) in [6.07, 6.45) is 6.21. The van der Waals surface area contributed by atoms with Gasteiger partial charge in [-0.1, -0.05) is 0 Å². The van der Waals surface area contributed by atoms with Crippen LogP contribution in [-0.4, -0.2) is 43.0 Å². The smallest absolute Gasteiger partial charge is 0.323 e. The van der Waals surface area contributed by atoms with E-state index in [1.165, 1.54) is 23.3 Å². The number of carbonyl (C=O) groups is 2. The van der Waals surface area contributed by atoms with Crippen molar-refractivity contribution in [3.63, 3.8) is 0 Å². The molecule has 1 amide bonds. The van der Waals surface area contributed by atoms with Crippen LogP contribution in [0.4, 0.5) is 5.00 Å². The van der Waals surface area contributed by atoms with Gasteiger partial charge in [-0.05, 0) is 50.6 Å². The van der Waals surface area contributed by atoms with E-state index in [4.69, 9.17) is 4.74 Å². The number of esters is 1. The summed E-state index contributed by atoms with van der Waals surface area (Å²) in [4.78, 5) is 27.3. The topological polar surface area (TPSA) is 82.4 Å². The van der Waals surface area contributed by atoms with Gasteiger partial charge in [0, 0.05) is 17.8 Å². The molecule has 0 aromatic carbocycles. The van der Waals surface area contributed by atoms with Crippen molar-refractivity contribution in [3.05, 3.63) is 16.0 Å². The van der Waals surface area contributed by atoms with Crippen LogP contribution in [0.2, 0.25) is 0 Å². The van der Waals surface area contributed by atoms with E-state index < -0.39 is 0 Å². The monoisotopic (exact) mass is 361 g/mol. The zero-order chi connectivity index (χ0) is 17.8. The van der Waals surface area contributed by atoms with Crippen LogP contribution in [-0.2, 0) is 27.2 Å². The molecule has 0 spiro atoms. The molecule has 25 heavy (non-hydrogen) atoms. The van der Waals surface area contributed by atoms with E-state index in [1.54, 1.807) is 0 Å². The molecule has 0 radical (unpaired) electrons. The summed E-state index contributed by atoms with van der Waals surface area (Å²) in [6, 6.07) is 2.03. The van der Waals surface area contributed by atoms with Crippen molar-refractivity contribution in [2.75, 3.05) is 25.5 Å². The third kappa shape index (κ3) is 3.86. The maximum Gasteiger partial charge on any atom is 0.323 e. The van der Waals surface area contributed by atoms with Crippen molar-refractivity contribution in [1.82, 2.24) is 4.90 Å². The molecule has 134 valence electrons. The zero-order valence-electron chi connectivity index (χ0n) is 14.5. The van der Waals surface area contributed by atoms with E-state index in [0.29, 0.717) is 23.5 Å². The summed E-state index contributed by atoms with van der Waals surface area (Å²) in [5.41, 5.74) is 1.76. The van der Waals surface area contributed by atoms with E-state index in [9.17, 15) is 14.9 Å². The molecule has 1 atom stereocenters. The molecule has 1 fully saturated rings. The molecule has 7 heteroatoms. The Balaban J connectivity index is 1.59. The standard InChI is InChI=1S/C18H23N3O3S/c1-24-18(23)14-6-4-9-21(14)10-8-16(22)20-17-13(11-19)12-5-2-3-7-15(12)25-17/h14H,2-10H2,1H3,(H,20,22). The Bertz CT molecular complexity index is 707. The molecule has 1 saturated heterocycles. The lowest BCUT2D eigenvalue weighted by Crippen LogP contribution is -2.38. The molecule has 3 rings (SSSR count). The first-order chi connectivity index (χ1) is 12.1. The number of nitrogens with zero attached hydrogens (tertiary/aromatic N) is 2. The molecule has 1 unspecified atom stereocenters. The molecular weight excluding hydrogens is 338 g/mol. The maximum absolute atomic E-state index is 12.3. The number of hydrogen-bond acceptors (Lipinski definition) is 6. The van der Waals surface area contributed by atoms with Gasteiger partial charge in [-0.2, -0.15) is 5.26 Å². The van der Waals surface area contributed by atoms with Gasteiger partial charge in [0.05, 0.1) is 12.7 Å². The first kappa shape index (κ1) is 17.9. The molecule has 2 heterocycles. The lowest BCUT2D eigenvalue weighted by Gasteiger charge is -2.21. The molecule has 0 saturated carbocycles. The first-order valence-corrected chi connectivity index (χ1v) is 9.62. The minimum atomic E-state index is -0.235. The van der Waals surface area contributed by atoms with Gasteiger partial charge in [0.1, 0.15) is 17.1 Å². The summed E-state index contributed by atoms with van der Waals surface area (Å²) in [7, 11) is 1.40. The van der Waals surface area contributed by atoms with Crippen molar-refractivity contribution in [2.45, 2.75) is 51.0 Å². The fraction of sp³-hybridized carbons (Fsp3) is 0.611. The van der Waals surface area contributed by atoms with Gasteiger partial charge in [0.2, 0.25) is 5.91 Å². The number of likely N-dealkylation sites (tertiary alicyclic amines) is 1. The number of carbonyl (C=O) groups excluding carboxylic acids is 2. The third-order valence-electron chi connectivity index (χ3n) is 5.00. The van der Waals surface area contributed by atoms with Crippen molar-refractivity contribution < 1.29 is 14.3 Å². The number of ether oxygens (including phenoxy) is 1. The van der Waals surface area contributed by atoms with Gasteiger partial charge < -0.3 is 10.1 Å². The number of thiophene rings is 1. The van der Waals surface area contributed by atoms with Crippen LogP contribution in [0.15, 0.2) is 0 Å². The second-order valence-electron chi connectivity index (χ2n) is 6.54. The number of rotatable bonds is 5. The van der Waals surface area contributed by atoms with Crippen LogP contribution in [0.3, 0.4) is 0 Å². The Morgan fingerprint density at radius 2 is 2.16 bits per heavy atom. The molecule has 1 aromatic rings. The highest BCUT2D eigenvalue weighted by Crippen LogP contribution is 2.37. The van der Waals surface area contributed by atoms with Gasteiger partial charge >= 0.3 is 5.97 Å². The second-order valence-corrected chi connectivity index (χ2v) is 7.65. The minimum absolute atomic E-state index is 0.106. The van der Waals surface area contributed by atoms with Crippen LogP contribution >= 0.6 is 11.3 Å². The number of nitriles is 1. The van der Waals surface area contributed by atoms with E-state index in [2.05, 4.69) is 11.4 Å². The van der Waals surface area contributed by atoms with Crippen molar-refractivity contribution in [2.24, 2.45) is 0 Å². The number of aryl methyl sites for hydroxylation is 1. The van der Waals surface area contributed by atoms with Gasteiger partial charge in [0.25, 0.3) is 0 Å². The lowest BCUT2D eigenvalue weighted by atomic mass is 9.96. The van der Waals surface area contributed by atoms with E-state index in [-0.39, 0.29) is 17.9 Å². The lowest BCUT2D eigenvalue weighted by molar-refractivity contribution is -0.146. The highest BCUT2D eigenvalue weighted by Gasteiger charge is 2.31. The maximum atomic E-state index is 12.3. The van der Waals surface area contributed by atoms with Crippen LogP contribution in [0.5, 0.6) is 0 Å². The molecule has 1 aromatic heterocycles. The summed E-state index contributed by atoms with van der Waals surface area (Å²) >= 11 is 1.54. The Hall–Kier alpha value is -1.91. The molecule has 0 bridgehead atoms. The van der Waals surface area contributed by atoms with Gasteiger partial charge in [-0.25, -0.2) is 0 Å². The number of anilines is 1. The van der Waals surface area contributed by atoms with Crippen LogP contribution < -0.4 is 5.32 Å². The number of amides is 1. The normalized spacial score (nSPS) is 19.9. The highest BCUT2D eigenvalue weighted by atomic mass is 32.1. The van der Waals surface area contributed by atoms with Crippen molar-refractivity contribution >= 4 is 28.2 Å². The SMILES string of the molecule is COC(=O)C1CCCN1CCC(=O)Nc1sc2c(c1C#N)CCCC2. The Morgan fingerprint density at radius 3 is 2.92 bits per heavy atom. The summed E-state index contributed by atoms with van der Waals surface area (Å²) in [6.45, 7) is 1.34. The number of nitrogens with one attached hydrogen (secondary N) is 1. The van der Waals surface area contributed by atoms with Crippen LogP contribution in [0.25, 0.3) is 0 Å². The Morgan fingerprint density at radius 1 is 1.36 bits per heavy atom. The van der Waals surface area contributed by atoms with Gasteiger partial charge in [-0.3, -0.25) is 14.5 Å². The van der Waals surface area contributed by atoms with Gasteiger partial charge in [0.15, 0.2) is 0 Å². The van der Waals surface area contributed by atoms with Crippen LogP contribution in [0, 0.1) is 11.3 Å². The predicted octanol–water partition coefficient (Wildman–Crippen LogP) is 2.46. The largest absolute Gasteiger partial charge is 0.468 e. The minimum Gasteiger partial charge on any atom is -0.468 e. The Labute approximate surface area is 151 Å². The molecule has 2 aliphatic rings. The summed E-state index contributed by atoms with van der Waals surface area (Å²) < 4.78 is 4.83. The number of hydrogen-bond donors (Lipinski definition) is 1. The molecule has 6 nitrogen and oxygen atoms in total. The van der Waals surface area contributed by atoms with E-state index in [0.717, 1.165) is 50.6 Å². The Kier molecular flexibility index (Phi) is 5.71. The highest BCUT2D eigenvalue weighted by molar-refractivity contribution is 7.16. The molecular formula is C18H23N3O3S. The average Bonchev–Trinajstić information content (AvgIpc) is 3.22. The van der Waals surface area contributed by atoms with E-state index >= 15 is 0 Å². The van der Waals surface area contributed by atoms with E-state index in [1.807, 2.05) is 4.90 Å². The molecule has 1 N–H and O–H groups in total. The van der Waals surface area contributed by atoms with Crippen molar-refractivity contribution in [3.8, 4) is 6.07 Å². The number of methoxy groups -OCH3 is 1. The average molecular weight is 361 g/mol.